The molecule has 2 heterocycles. The first-order valence-electron chi connectivity index (χ1n) is 8.05. The van der Waals surface area contributed by atoms with Crippen molar-refractivity contribution in [2.75, 3.05) is 0 Å². The van der Waals surface area contributed by atoms with E-state index in [0.717, 1.165) is 16.6 Å². The zero-order valence-electron chi connectivity index (χ0n) is 14.8. The maximum Gasteiger partial charge on any atom is 0.269 e. The molecule has 0 spiro atoms. The lowest BCUT2D eigenvalue weighted by Crippen LogP contribution is -2.29. The lowest BCUT2D eigenvalue weighted by molar-refractivity contribution is 0.0970. The second-order valence-electron chi connectivity index (χ2n) is 6.31. The zero-order valence-corrected chi connectivity index (χ0v) is 14.8. The molecule has 0 bridgehead atoms. The number of nitriles is 1. The first-order valence-corrected chi connectivity index (χ1v) is 8.05. The fourth-order valence-corrected chi connectivity index (χ4v) is 3.36. The summed E-state index contributed by atoms with van der Waals surface area (Å²) < 4.78 is 3.36. The number of pyridine rings is 1. The molecule has 0 atom stereocenters. The van der Waals surface area contributed by atoms with Gasteiger partial charge < -0.3 is 9.13 Å². The van der Waals surface area contributed by atoms with Gasteiger partial charge in [0.1, 0.15) is 11.6 Å². The average molecular weight is 333 g/mol. The Morgan fingerprint density at radius 1 is 1.20 bits per heavy atom. The molecule has 0 unspecified atom stereocenters. The number of fused-ring (bicyclic) bond motifs is 1. The molecule has 3 aromatic rings. The van der Waals surface area contributed by atoms with Gasteiger partial charge in [-0.25, -0.2) is 0 Å². The van der Waals surface area contributed by atoms with Gasteiger partial charge in [0.25, 0.3) is 5.56 Å². The van der Waals surface area contributed by atoms with Crippen molar-refractivity contribution in [3.05, 3.63) is 68.8 Å². The Kier molecular flexibility index (Phi) is 4.05. The number of carbonyl (C=O) groups excluding carboxylic acids is 1. The van der Waals surface area contributed by atoms with E-state index in [1.807, 2.05) is 48.9 Å². The second kappa shape index (κ2) is 6.06. The monoisotopic (exact) mass is 333 g/mol. The number of para-hydroxylation sites is 1. The smallest absolute Gasteiger partial charge is 0.269 e. The van der Waals surface area contributed by atoms with E-state index < -0.39 is 5.56 Å². The van der Waals surface area contributed by atoms with Gasteiger partial charge in [-0.3, -0.25) is 9.59 Å². The SMILES string of the molecule is Cc1cc(C)n(CC(=O)c2c(C)n(C)c3ccccc23)c(=O)c1C#N. The lowest BCUT2D eigenvalue weighted by atomic mass is 10.1. The van der Waals surface area contributed by atoms with Crippen LogP contribution in [0.25, 0.3) is 10.9 Å². The topological polar surface area (TPSA) is 67.8 Å². The Balaban J connectivity index is 2.13. The molecule has 5 nitrogen and oxygen atoms in total. The normalized spacial score (nSPS) is 10.8. The molecule has 0 saturated carbocycles. The van der Waals surface area contributed by atoms with Crippen LogP contribution < -0.4 is 5.56 Å². The molecule has 2 aromatic heterocycles. The fraction of sp³-hybridized carbons (Fsp3) is 0.250. The molecule has 0 amide bonds. The van der Waals surface area contributed by atoms with Crippen molar-refractivity contribution in [1.29, 1.82) is 5.26 Å². The molecule has 3 rings (SSSR count). The summed E-state index contributed by atoms with van der Waals surface area (Å²) in [5.74, 6) is -0.132. The number of rotatable bonds is 3. The van der Waals surface area contributed by atoms with Crippen molar-refractivity contribution in [2.45, 2.75) is 27.3 Å². The van der Waals surface area contributed by atoms with Crippen LogP contribution in [0.2, 0.25) is 0 Å². The standard InChI is InChI=1S/C20H19N3O2/c1-12-9-13(2)23(20(25)16(12)10-21)11-18(24)19-14(3)22(4)17-8-6-5-7-15(17)19/h5-9H,11H2,1-4H3. The van der Waals surface area contributed by atoms with Crippen molar-refractivity contribution in [3.8, 4) is 6.07 Å². The number of hydrogen-bond donors (Lipinski definition) is 0. The third kappa shape index (κ3) is 2.56. The van der Waals surface area contributed by atoms with Crippen LogP contribution in [0.5, 0.6) is 0 Å². The number of aromatic nitrogens is 2. The summed E-state index contributed by atoms with van der Waals surface area (Å²) in [6.45, 7) is 5.33. The Labute approximate surface area is 145 Å². The Morgan fingerprint density at radius 2 is 1.88 bits per heavy atom. The van der Waals surface area contributed by atoms with Crippen molar-refractivity contribution >= 4 is 16.7 Å². The van der Waals surface area contributed by atoms with Crippen LogP contribution in [0.15, 0.2) is 35.1 Å². The van der Waals surface area contributed by atoms with Crippen molar-refractivity contribution in [1.82, 2.24) is 9.13 Å². The highest BCUT2D eigenvalue weighted by Gasteiger charge is 2.20. The largest absolute Gasteiger partial charge is 0.347 e. The summed E-state index contributed by atoms with van der Waals surface area (Å²) in [5, 5.41) is 10.1. The van der Waals surface area contributed by atoms with Crippen LogP contribution >= 0.6 is 0 Å². The summed E-state index contributed by atoms with van der Waals surface area (Å²) in [4.78, 5) is 25.5. The van der Waals surface area contributed by atoms with Gasteiger partial charge in [-0.15, -0.1) is 0 Å². The molecule has 0 N–H and O–H groups in total. The van der Waals surface area contributed by atoms with E-state index in [-0.39, 0.29) is 17.9 Å². The first kappa shape index (κ1) is 16.7. The number of Topliss-reactive ketones (excluding diaryl/α,β-unsaturated/α-hetero) is 1. The summed E-state index contributed by atoms with van der Waals surface area (Å²) in [6.07, 6.45) is 0. The van der Waals surface area contributed by atoms with Gasteiger partial charge in [0.2, 0.25) is 0 Å². The maximum absolute atomic E-state index is 13.0. The van der Waals surface area contributed by atoms with Crippen molar-refractivity contribution in [2.24, 2.45) is 7.05 Å². The Hall–Kier alpha value is -3.13. The van der Waals surface area contributed by atoms with Crippen molar-refractivity contribution in [3.63, 3.8) is 0 Å². The molecular weight excluding hydrogens is 314 g/mol. The van der Waals surface area contributed by atoms with E-state index in [0.29, 0.717) is 16.8 Å². The van der Waals surface area contributed by atoms with Gasteiger partial charge in [0.15, 0.2) is 5.78 Å². The molecule has 0 fully saturated rings. The number of carbonyl (C=O) groups is 1. The predicted molar refractivity (Wildman–Crippen MR) is 96.9 cm³/mol. The zero-order chi connectivity index (χ0) is 18.3. The summed E-state index contributed by atoms with van der Waals surface area (Å²) in [6, 6.07) is 11.4. The van der Waals surface area contributed by atoms with E-state index in [1.54, 1.807) is 19.9 Å². The highest BCUT2D eigenvalue weighted by Crippen LogP contribution is 2.25. The minimum atomic E-state index is -0.411. The van der Waals surface area contributed by atoms with Crippen LogP contribution in [-0.4, -0.2) is 14.9 Å². The molecule has 5 heteroatoms. The molecule has 0 radical (unpaired) electrons. The average Bonchev–Trinajstić information content (AvgIpc) is 2.83. The molecule has 0 saturated heterocycles. The minimum absolute atomic E-state index is 0.0749. The van der Waals surface area contributed by atoms with E-state index in [4.69, 9.17) is 0 Å². The molecule has 126 valence electrons. The fourth-order valence-electron chi connectivity index (χ4n) is 3.36. The summed E-state index contributed by atoms with van der Waals surface area (Å²) >= 11 is 0. The molecule has 0 aliphatic heterocycles. The van der Waals surface area contributed by atoms with Crippen LogP contribution in [0.3, 0.4) is 0 Å². The Bertz CT molecular complexity index is 1110. The van der Waals surface area contributed by atoms with Crippen LogP contribution in [-0.2, 0) is 13.6 Å². The van der Waals surface area contributed by atoms with Crippen LogP contribution in [0.4, 0.5) is 0 Å². The van der Waals surface area contributed by atoms with E-state index in [2.05, 4.69) is 0 Å². The number of ketones is 1. The number of hydrogen-bond acceptors (Lipinski definition) is 3. The third-order valence-corrected chi connectivity index (χ3v) is 4.80. The first-order chi connectivity index (χ1) is 11.9. The maximum atomic E-state index is 13.0. The highest BCUT2D eigenvalue weighted by molar-refractivity contribution is 6.09. The predicted octanol–water partition coefficient (Wildman–Crippen LogP) is 3.02. The number of nitrogens with zero attached hydrogens (tertiary/aromatic N) is 3. The van der Waals surface area contributed by atoms with Gasteiger partial charge in [-0.2, -0.15) is 5.26 Å². The number of aryl methyl sites for hydroxylation is 3. The molecular formula is C20H19N3O2. The van der Waals surface area contributed by atoms with E-state index >= 15 is 0 Å². The molecule has 25 heavy (non-hydrogen) atoms. The summed E-state index contributed by atoms with van der Waals surface area (Å²) in [5.41, 5.74) is 3.46. The van der Waals surface area contributed by atoms with E-state index in [1.165, 1.54) is 4.57 Å². The molecule has 1 aromatic carbocycles. The second-order valence-corrected chi connectivity index (χ2v) is 6.31. The van der Waals surface area contributed by atoms with Crippen LogP contribution in [0, 0.1) is 32.1 Å². The number of benzene rings is 1. The van der Waals surface area contributed by atoms with Crippen LogP contribution in [0.1, 0.15) is 32.9 Å². The molecule has 0 aliphatic carbocycles. The van der Waals surface area contributed by atoms with Gasteiger partial charge >= 0.3 is 0 Å². The van der Waals surface area contributed by atoms with E-state index in [9.17, 15) is 14.9 Å². The highest BCUT2D eigenvalue weighted by atomic mass is 16.1. The quantitative estimate of drug-likeness (QED) is 0.692. The van der Waals surface area contributed by atoms with Gasteiger partial charge in [-0.1, -0.05) is 18.2 Å². The summed E-state index contributed by atoms with van der Waals surface area (Å²) in [7, 11) is 1.92. The Morgan fingerprint density at radius 3 is 2.56 bits per heavy atom. The third-order valence-electron chi connectivity index (χ3n) is 4.80. The van der Waals surface area contributed by atoms with Crippen molar-refractivity contribution < 1.29 is 4.79 Å². The van der Waals surface area contributed by atoms with Gasteiger partial charge in [0, 0.05) is 34.9 Å². The lowest BCUT2D eigenvalue weighted by Gasteiger charge is -2.11. The molecule has 0 aliphatic rings. The van der Waals surface area contributed by atoms with Gasteiger partial charge in [-0.05, 0) is 38.5 Å². The van der Waals surface area contributed by atoms with Gasteiger partial charge in [0.05, 0.1) is 6.54 Å². The minimum Gasteiger partial charge on any atom is -0.347 e.